The molecule has 0 bridgehead atoms. The summed E-state index contributed by atoms with van der Waals surface area (Å²) in [6.07, 6.45) is -1.76. The third-order valence-corrected chi connectivity index (χ3v) is 6.54. The summed E-state index contributed by atoms with van der Waals surface area (Å²) in [5.41, 5.74) is 0.488. The van der Waals surface area contributed by atoms with Crippen LogP contribution < -0.4 is 5.32 Å². The molecule has 0 saturated carbocycles. The highest BCUT2D eigenvalue weighted by atomic mass is 32.1. The zero-order chi connectivity index (χ0) is 26.7. The van der Waals surface area contributed by atoms with Crippen molar-refractivity contribution < 1.29 is 32.6 Å². The smallest absolute Gasteiger partial charge is 0.348 e. The van der Waals surface area contributed by atoms with E-state index in [1.54, 1.807) is 51.1 Å². The summed E-state index contributed by atoms with van der Waals surface area (Å²) in [7, 11) is 0. The van der Waals surface area contributed by atoms with Crippen molar-refractivity contribution in [2.75, 3.05) is 18.5 Å². The number of alkyl halides is 2. The van der Waals surface area contributed by atoms with Crippen LogP contribution in [0.15, 0.2) is 42.6 Å². The van der Waals surface area contributed by atoms with Gasteiger partial charge in [-0.2, -0.15) is 5.10 Å². The first-order chi connectivity index (χ1) is 17.8. The van der Waals surface area contributed by atoms with Crippen LogP contribution in [0.2, 0.25) is 0 Å². The number of nitrogens with one attached hydrogen (secondary N) is 1. The van der Waals surface area contributed by atoms with Gasteiger partial charge in [0.15, 0.2) is 5.65 Å². The molecule has 1 aromatic carbocycles. The van der Waals surface area contributed by atoms with Crippen LogP contribution in [-0.4, -0.2) is 45.7 Å². The Labute approximate surface area is 214 Å². The summed E-state index contributed by atoms with van der Waals surface area (Å²) in [6.45, 7) is 5.01. The molecule has 1 amide bonds. The fourth-order valence-electron chi connectivity index (χ4n) is 3.67. The van der Waals surface area contributed by atoms with Crippen LogP contribution in [0.4, 0.5) is 13.8 Å². The molecule has 4 rings (SSSR count). The van der Waals surface area contributed by atoms with Gasteiger partial charge in [-0.3, -0.25) is 4.79 Å². The van der Waals surface area contributed by atoms with Gasteiger partial charge < -0.3 is 14.8 Å². The van der Waals surface area contributed by atoms with Crippen molar-refractivity contribution in [3.05, 3.63) is 69.9 Å². The van der Waals surface area contributed by atoms with Crippen LogP contribution in [0.25, 0.3) is 16.9 Å². The van der Waals surface area contributed by atoms with E-state index in [0.717, 1.165) is 22.0 Å². The number of hydrogen-bond acceptors (Lipinski definition) is 8. The molecule has 0 aliphatic heterocycles. The molecule has 0 saturated heterocycles. The van der Waals surface area contributed by atoms with Crippen LogP contribution >= 0.6 is 11.3 Å². The Morgan fingerprint density at radius 2 is 1.76 bits per heavy atom. The molecular weight excluding hydrogens is 506 g/mol. The molecular formula is C25H22F2N4O5S. The van der Waals surface area contributed by atoms with Crippen LogP contribution in [0, 0.1) is 6.92 Å². The van der Waals surface area contributed by atoms with E-state index in [1.165, 1.54) is 6.07 Å². The minimum Gasteiger partial charge on any atom is -0.462 e. The van der Waals surface area contributed by atoms with Gasteiger partial charge in [0.05, 0.1) is 30.7 Å². The van der Waals surface area contributed by atoms with Crippen LogP contribution in [0.1, 0.15) is 61.9 Å². The Morgan fingerprint density at radius 1 is 1.08 bits per heavy atom. The van der Waals surface area contributed by atoms with E-state index in [1.807, 2.05) is 0 Å². The molecule has 9 nitrogen and oxygen atoms in total. The summed E-state index contributed by atoms with van der Waals surface area (Å²) in [6, 6.07) is 9.90. The van der Waals surface area contributed by atoms with E-state index < -0.39 is 30.0 Å². The maximum Gasteiger partial charge on any atom is 0.348 e. The first-order valence-electron chi connectivity index (χ1n) is 11.3. The Hall–Kier alpha value is -4.19. The highest BCUT2D eigenvalue weighted by molar-refractivity contribution is 7.18. The number of aromatic nitrogens is 3. The summed E-state index contributed by atoms with van der Waals surface area (Å²) < 4.78 is 38.8. The van der Waals surface area contributed by atoms with Crippen molar-refractivity contribution in [3.63, 3.8) is 0 Å². The van der Waals surface area contributed by atoms with Gasteiger partial charge in [-0.1, -0.05) is 30.3 Å². The van der Waals surface area contributed by atoms with Crippen molar-refractivity contribution in [3.8, 4) is 11.3 Å². The predicted molar refractivity (Wildman–Crippen MR) is 132 cm³/mol. The van der Waals surface area contributed by atoms with E-state index in [0.29, 0.717) is 11.1 Å². The molecule has 0 fully saturated rings. The number of anilines is 1. The zero-order valence-electron chi connectivity index (χ0n) is 20.1. The van der Waals surface area contributed by atoms with E-state index in [4.69, 9.17) is 9.47 Å². The number of carbonyl (C=O) groups excluding carboxylic acids is 3. The lowest BCUT2D eigenvalue weighted by Crippen LogP contribution is -2.15. The third kappa shape index (κ3) is 5.05. The van der Waals surface area contributed by atoms with Gasteiger partial charge in [0.2, 0.25) is 0 Å². The Balaban J connectivity index is 1.79. The average Bonchev–Trinajstić information content (AvgIpc) is 3.45. The minimum atomic E-state index is -2.88. The number of fused-ring (bicyclic) bond motifs is 1. The first-order valence-corrected chi connectivity index (χ1v) is 12.1. The van der Waals surface area contributed by atoms with Crippen LogP contribution in [0.3, 0.4) is 0 Å². The largest absolute Gasteiger partial charge is 0.462 e. The van der Waals surface area contributed by atoms with Gasteiger partial charge >= 0.3 is 11.9 Å². The summed E-state index contributed by atoms with van der Waals surface area (Å²) in [5.74, 6) is -2.13. The number of hydrogen-bond donors (Lipinski definition) is 1. The molecule has 4 aromatic rings. The van der Waals surface area contributed by atoms with E-state index in [-0.39, 0.29) is 45.6 Å². The molecule has 3 aromatic heterocycles. The van der Waals surface area contributed by atoms with Crippen LogP contribution in [-0.2, 0) is 9.47 Å². The number of esters is 2. The SMILES string of the molecule is CCOC(=O)c1sc(NC(=O)c2cnn3c(C(F)F)cc(-c4ccccc4)nc23)c(C(=O)OCC)c1C. The molecule has 0 radical (unpaired) electrons. The number of halogens is 2. The molecule has 0 aliphatic rings. The van der Waals surface area contributed by atoms with Gasteiger partial charge in [0.25, 0.3) is 12.3 Å². The maximum absolute atomic E-state index is 13.9. The van der Waals surface area contributed by atoms with Gasteiger partial charge in [-0.25, -0.2) is 27.9 Å². The van der Waals surface area contributed by atoms with Crippen molar-refractivity contribution in [2.45, 2.75) is 27.2 Å². The summed E-state index contributed by atoms with van der Waals surface area (Å²) >= 11 is 0.852. The second-order valence-electron chi connectivity index (χ2n) is 7.68. The third-order valence-electron chi connectivity index (χ3n) is 5.35. The molecule has 0 unspecified atom stereocenters. The fourth-order valence-corrected chi connectivity index (χ4v) is 4.75. The monoisotopic (exact) mass is 528 g/mol. The quantitative estimate of drug-likeness (QED) is 0.309. The summed E-state index contributed by atoms with van der Waals surface area (Å²) in [5, 5.41) is 6.60. The first kappa shape index (κ1) is 25.9. The zero-order valence-corrected chi connectivity index (χ0v) is 20.9. The Morgan fingerprint density at radius 3 is 2.41 bits per heavy atom. The van der Waals surface area contributed by atoms with Crippen molar-refractivity contribution >= 4 is 39.8 Å². The summed E-state index contributed by atoms with van der Waals surface area (Å²) in [4.78, 5) is 42.9. The highest BCUT2D eigenvalue weighted by Gasteiger charge is 2.29. The average molecular weight is 529 g/mol. The molecule has 1 N–H and O–H groups in total. The van der Waals surface area contributed by atoms with Gasteiger partial charge in [-0.05, 0) is 32.4 Å². The van der Waals surface area contributed by atoms with Gasteiger partial charge in [-0.15, -0.1) is 11.3 Å². The highest BCUT2D eigenvalue weighted by Crippen LogP contribution is 2.35. The van der Waals surface area contributed by atoms with E-state index >= 15 is 0 Å². The minimum absolute atomic E-state index is 0.00549. The van der Waals surface area contributed by atoms with E-state index in [9.17, 15) is 23.2 Å². The molecule has 0 atom stereocenters. The van der Waals surface area contributed by atoms with Gasteiger partial charge in [0.1, 0.15) is 21.1 Å². The molecule has 192 valence electrons. The lowest BCUT2D eigenvalue weighted by molar-refractivity contribution is 0.0527. The van der Waals surface area contributed by atoms with Crippen molar-refractivity contribution in [1.82, 2.24) is 14.6 Å². The molecule has 12 heteroatoms. The van der Waals surface area contributed by atoms with Crippen molar-refractivity contribution in [1.29, 1.82) is 0 Å². The molecule has 37 heavy (non-hydrogen) atoms. The number of rotatable bonds is 8. The standard InChI is InChI=1S/C25H22F2N4O5S/c1-4-35-24(33)18-13(3)19(25(34)36-5-2)37-23(18)30-22(32)15-12-28-31-17(20(26)27)11-16(29-21(15)31)14-9-7-6-8-10-14/h6-12,20H,4-5H2,1-3H3,(H,30,32). The molecule has 0 spiro atoms. The predicted octanol–water partition coefficient (Wildman–Crippen LogP) is 5.31. The second-order valence-corrected chi connectivity index (χ2v) is 8.70. The maximum atomic E-state index is 13.9. The van der Waals surface area contributed by atoms with E-state index in [2.05, 4.69) is 15.4 Å². The second kappa shape index (κ2) is 10.8. The number of ether oxygens (including phenoxy) is 2. The number of benzene rings is 1. The molecule has 0 aliphatic carbocycles. The lowest BCUT2D eigenvalue weighted by atomic mass is 10.1. The number of thiophene rings is 1. The Bertz CT molecular complexity index is 1480. The lowest BCUT2D eigenvalue weighted by Gasteiger charge is -2.09. The van der Waals surface area contributed by atoms with Gasteiger partial charge in [0, 0.05) is 5.56 Å². The normalized spacial score (nSPS) is 11.1. The number of carbonyl (C=O) groups is 3. The van der Waals surface area contributed by atoms with Crippen LogP contribution in [0.5, 0.6) is 0 Å². The molecule has 3 heterocycles. The number of amides is 1. The van der Waals surface area contributed by atoms with Crippen molar-refractivity contribution in [2.24, 2.45) is 0 Å². The fraction of sp³-hybridized carbons (Fsp3) is 0.240. The number of nitrogens with zero attached hydrogens (tertiary/aromatic N) is 3. The topological polar surface area (TPSA) is 112 Å². The Kier molecular flexibility index (Phi) is 7.58.